The number of hydrogen-bond acceptors (Lipinski definition) is 3. The Balaban J connectivity index is 2.26. The molecule has 0 saturated carbocycles. The van der Waals surface area contributed by atoms with Gasteiger partial charge in [-0.2, -0.15) is 0 Å². The minimum Gasteiger partial charge on any atom is -0.212 e. The summed E-state index contributed by atoms with van der Waals surface area (Å²) in [6.07, 6.45) is 0. The normalized spacial score (nSPS) is 12.1. The molecular weight excluding hydrogens is 322 g/mol. The highest BCUT2D eigenvalue weighted by atomic mass is 79.9. The highest BCUT2D eigenvalue weighted by Gasteiger charge is 2.09. The van der Waals surface area contributed by atoms with Gasteiger partial charge >= 0.3 is 0 Å². The molecule has 2 rings (SSSR count). The van der Waals surface area contributed by atoms with Crippen LogP contribution in [0.1, 0.15) is 12.5 Å². The lowest BCUT2D eigenvalue weighted by Gasteiger charge is -2.03. The van der Waals surface area contributed by atoms with Crippen LogP contribution in [-0.2, 0) is 16.6 Å². The predicted molar refractivity (Wildman–Crippen MR) is 75.8 cm³/mol. The molecule has 0 fully saturated rings. The molecule has 0 amide bonds. The van der Waals surface area contributed by atoms with Crippen molar-refractivity contribution in [3.05, 3.63) is 33.6 Å². The Bertz CT molecular complexity index is 634. The van der Waals surface area contributed by atoms with Crippen molar-refractivity contribution in [2.45, 2.75) is 13.5 Å². The summed E-state index contributed by atoms with van der Waals surface area (Å²) in [5.41, 5.74) is 1.02. The molecular formula is C11H12BrNO2S2. The van der Waals surface area contributed by atoms with E-state index in [-0.39, 0.29) is 5.75 Å². The molecule has 1 aromatic carbocycles. The van der Waals surface area contributed by atoms with Gasteiger partial charge in [0.2, 0.25) is 10.0 Å². The largest absolute Gasteiger partial charge is 0.212 e. The number of nitrogens with one attached hydrogen (secondary N) is 1. The van der Waals surface area contributed by atoms with Gasteiger partial charge in [-0.25, -0.2) is 13.1 Å². The predicted octanol–water partition coefficient (Wildman–Crippen LogP) is 3.10. The smallest absolute Gasteiger partial charge is 0.211 e. The molecule has 0 radical (unpaired) electrons. The molecule has 1 N–H and O–H groups in total. The van der Waals surface area contributed by atoms with Crippen LogP contribution in [0.3, 0.4) is 0 Å². The van der Waals surface area contributed by atoms with E-state index in [0.29, 0.717) is 6.54 Å². The average molecular weight is 334 g/mol. The van der Waals surface area contributed by atoms with Crippen LogP contribution in [-0.4, -0.2) is 14.2 Å². The van der Waals surface area contributed by atoms with Crippen molar-refractivity contribution in [1.29, 1.82) is 0 Å². The van der Waals surface area contributed by atoms with E-state index in [1.165, 1.54) is 0 Å². The van der Waals surface area contributed by atoms with Crippen LogP contribution in [0.15, 0.2) is 28.1 Å². The maximum absolute atomic E-state index is 11.4. The zero-order valence-corrected chi connectivity index (χ0v) is 12.5. The summed E-state index contributed by atoms with van der Waals surface area (Å²) >= 11 is 5.04. The molecule has 17 heavy (non-hydrogen) atoms. The summed E-state index contributed by atoms with van der Waals surface area (Å²) in [6.45, 7) is 1.99. The van der Waals surface area contributed by atoms with Crippen molar-refractivity contribution in [3.63, 3.8) is 0 Å². The molecule has 0 spiro atoms. The monoisotopic (exact) mass is 333 g/mol. The number of thiophene rings is 1. The van der Waals surface area contributed by atoms with E-state index in [4.69, 9.17) is 0 Å². The second-order valence-corrected chi connectivity index (χ2v) is 7.55. The summed E-state index contributed by atoms with van der Waals surface area (Å²) in [4.78, 5) is 0. The van der Waals surface area contributed by atoms with Gasteiger partial charge in [0.25, 0.3) is 0 Å². The zero-order valence-electron chi connectivity index (χ0n) is 9.23. The second kappa shape index (κ2) is 5.06. The molecule has 3 nitrogen and oxygen atoms in total. The third-order valence-corrected chi connectivity index (χ3v) is 5.31. The molecule has 2 aromatic rings. The Morgan fingerprint density at radius 1 is 1.41 bits per heavy atom. The van der Waals surface area contributed by atoms with Crippen molar-refractivity contribution in [1.82, 2.24) is 4.72 Å². The Morgan fingerprint density at radius 3 is 2.88 bits per heavy atom. The van der Waals surface area contributed by atoms with Crippen molar-refractivity contribution in [2.24, 2.45) is 0 Å². The van der Waals surface area contributed by atoms with E-state index in [2.05, 4.69) is 20.7 Å². The third-order valence-electron chi connectivity index (χ3n) is 2.48. The van der Waals surface area contributed by atoms with E-state index in [1.54, 1.807) is 18.3 Å². The van der Waals surface area contributed by atoms with E-state index < -0.39 is 10.0 Å². The van der Waals surface area contributed by atoms with Crippen molar-refractivity contribution in [3.8, 4) is 0 Å². The summed E-state index contributed by atoms with van der Waals surface area (Å²) in [7, 11) is -3.13. The number of benzene rings is 1. The average Bonchev–Trinajstić information content (AvgIpc) is 2.69. The molecule has 0 atom stereocenters. The van der Waals surface area contributed by atoms with Gasteiger partial charge in [-0.05, 0) is 35.4 Å². The lowest BCUT2D eigenvalue weighted by atomic mass is 10.2. The SMILES string of the molecule is CCS(=O)(=O)NCc1csc2cc(Br)ccc12. The molecule has 0 aliphatic rings. The fourth-order valence-corrected chi connectivity index (χ4v) is 3.58. The van der Waals surface area contributed by atoms with Crippen LogP contribution in [0, 0.1) is 0 Å². The van der Waals surface area contributed by atoms with Gasteiger partial charge < -0.3 is 0 Å². The summed E-state index contributed by atoms with van der Waals surface area (Å²) in [5, 5.41) is 3.10. The van der Waals surface area contributed by atoms with Gasteiger partial charge in [0.05, 0.1) is 5.75 Å². The van der Waals surface area contributed by atoms with Crippen LogP contribution in [0.2, 0.25) is 0 Å². The van der Waals surface area contributed by atoms with Gasteiger partial charge in [-0.1, -0.05) is 22.0 Å². The van der Waals surface area contributed by atoms with Crippen molar-refractivity contribution in [2.75, 3.05) is 5.75 Å². The first kappa shape index (κ1) is 13.0. The van der Waals surface area contributed by atoms with Crippen molar-refractivity contribution < 1.29 is 8.42 Å². The number of rotatable bonds is 4. The number of fused-ring (bicyclic) bond motifs is 1. The molecule has 6 heteroatoms. The number of sulfonamides is 1. The topological polar surface area (TPSA) is 46.2 Å². The standard InChI is InChI=1S/C11H12BrNO2S2/c1-2-17(14,15)13-6-8-7-16-11-5-9(12)3-4-10(8)11/h3-5,7,13H,2,6H2,1H3. The summed E-state index contributed by atoms with van der Waals surface area (Å²) in [5.74, 6) is 0.112. The third kappa shape index (κ3) is 3.07. The van der Waals surface area contributed by atoms with Crippen LogP contribution >= 0.6 is 27.3 Å². The van der Waals surface area contributed by atoms with E-state index in [1.807, 2.05) is 23.6 Å². The first-order valence-corrected chi connectivity index (χ1v) is 8.47. The van der Waals surface area contributed by atoms with E-state index >= 15 is 0 Å². The molecule has 1 heterocycles. The quantitative estimate of drug-likeness (QED) is 0.934. The lowest BCUT2D eigenvalue weighted by Crippen LogP contribution is -2.24. The minimum absolute atomic E-state index is 0.112. The Labute approximate surface area is 113 Å². The highest BCUT2D eigenvalue weighted by Crippen LogP contribution is 2.28. The van der Waals surface area contributed by atoms with E-state index in [9.17, 15) is 8.42 Å². The molecule has 92 valence electrons. The Kier molecular flexibility index (Phi) is 3.87. The maximum atomic E-state index is 11.4. The second-order valence-electron chi connectivity index (χ2n) is 3.63. The van der Waals surface area contributed by atoms with Crippen LogP contribution in [0.25, 0.3) is 10.1 Å². The molecule has 0 aliphatic heterocycles. The molecule has 0 saturated heterocycles. The first-order valence-electron chi connectivity index (χ1n) is 5.15. The van der Waals surface area contributed by atoms with E-state index in [0.717, 1.165) is 20.1 Å². The summed E-state index contributed by atoms with van der Waals surface area (Å²) < 4.78 is 27.5. The maximum Gasteiger partial charge on any atom is 0.211 e. The van der Waals surface area contributed by atoms with Crippen LogP contribution in [0.4, 0.5) is 0 Å². The molecule has 0 aliphatic carbocycles. The highest BCUT2D eigenvalue weighted by molar-refractivity contribution is 9.10. The fraction of sp³-hybridized carbons (Fsp3) is 0.273. The first-order chi connectivity index (χ1) is 8.02. The fourth-order valence-electron chi connectivity index (χ4n) is 1.48. The molecule has 1 aromatic heterocycles. The van der Waals surface area contributed by atoms with Crippen molar-refractivity contribution >= 4 is 47.4 Å². The van der Waals surface area contributed by atoms with Gasteiger partial charge in [0.15, 0.2) is 0 Å². The van der Waals surface area contributed by atoms with Gasteiger partial charge in [-0.15, -0.1) is 11.3 Å². The Hall–Kier alpha value is -0.430. The van der Waals surface area contributed by atoms with Gasteiger partial charge in [0, 0.05) is 15.7 Å². The molecule has 0 bridgehead atoms. The number of halogens is 1. The Morgan fingerprint density at radius 2 is 2.18 bits per heavy atom. The minimum atomic E-state index is -3.13. The zero-order chi connectivity index (χ0) is 12.5. The lowest BCUT2D eigenvalue weighted by molar-refractivity contribution is 0.583. The van der Waals surface area contributed by atoms with Gasteiger partial charge in [0.1, 0.15) is 0 Å². The molecule has 0 unspecified atom stereocenters. The van der Waals surface area contributed by atoms with Gasteiger partial charge in [-0.3, -0.25) is 0 Å². The van der Waals surface area contributed by atoms with Crippen LogP contribution < -0.4 is 4.72 Å². The summed E-state index contributed by atoms with van der Waals surface area (Å²) in [6, 6.07) is 6.01. The number of hydrogen-bond donors (Lipinski definition) is 1. The van der Waals surface area contributed by atoms with Crippen LogP contribution in [0.5, 0.6) is 0 Å².